The number of rotatable bonds is 46. The lowest BCUT2D eigenvalue weighted by atomic mass is 10.1. The third-order valence-corrected chi connectivity index (χ3v) is 11.6. The minimum Gasteiger partial charge on any atom is -0.756 e. The van der Waals surface area contributed by atoms with Crippen LogP contribution in [-0.4, -0.2) is 70.7 Å². The first kappa shape index (κ1) is 58.5. The Bertz CT molecular complexity index is 1100. The average Bonchev–Trinajstić information content (AvgIpc) is 3.20. The standard InChI is InChI=1S/C51H96NO7P/c1-6-8-10-12-14-16-18-20-22-24-26-27-29-31-33-35-37-39-41-43-46-56-48-50(49-58-60(54,55)57-47-45-52(3,4)5)59-51(53)44-42-40-38-36-34-32-30-28-25-23-21-19-17-15-13-11-9-7-2/h14,16-17,19-20,22-23,25,50H,6-13,15,18,21,24,26-49H2,1-5H3/b16-14-,19-17-,22-20-,25-23-. The molecule has 0 aromatic heterocycles. The summed E-state index contributed by atoms with van der Waals surface area (Å²) < 4.78 is 34.7. The Morgan fingerprint density at radius 1 is 0.517 bits per heavy atom. The van der Waals surface area contributed by atoms with E-state index >= 15 is 0 Å². The van der Waals surface area contributed by atoms with Crippen LogP contribution in [0.4, 0.5) is 0 Å². The maximum Gasteiger partial charge on any atom is 0.306 e. The van der Waals surface area contributed by atoms with Crippen LogP contribution in [0.15, 0.2) is 48.6 Å². The fourth-order valence-corrected chi connectivity index (χ4v) is 7.45. The Morgan fingerprint density at radius 2 is 0.917 bits per heavy atom. The topological polar surface area (TPSA) is 94.1 Å². The monoisotopic (exact) mass is 866 g/mol. The van der Waals surface area contributed by atoms with Gasteiger partial charge in [0.15, 0.2) is 0 Å². The molecule has 0 heterocycles. The van der Waals surface area contributed by atoms with E-state index in [9.17, 15) is 14.3 Å². The van der Waals surface area contributed by atoms with Gasteiger partial charge in [-0.2, -0.15) is 0 Å². The van der Waals surface area contributed by atoms with Crippen molar-refractivity contribution in [2.45, 2.75) is 219 Å². The van der Waals surface area contributed by atoms with E-state index in [1.807, 2.05) is 21.1 Å². The highest BCUT2D eigenvalue weighted by Crippen LogP contribution is 2.38. The number of phosphoric acid groups is 1. The fraction of sp³-hybridized carbons (Fsp3) is 0.824. The van der Waals surface area contributed by atoms with E-state index in [2.05, 4.69) is 62.5 Å². The molecule has 9 heteroatoms. The molecular formula is C51H96NO7P. The number of esters is 1. The van der Waals surface area contributed by atoms with Gasteiger partial charge in [0.2, 0.25) is 0 Å². The van der Waals surface area contributed by atoms with Gasteiger partial charge in [0.05, 0.1) is 34.4 Å². The van der Waals surface area contributed by atoms with Gasteiger partial charge in [0.25, 0.3) is 7.82 Å². The average molecular weight is 866 g/mol. The number of hydrogen-bond donors (Lipinski definition) is 0. The molecule has 60 heavy (non-hydrogen) atoms. The molecule has 0 aliphatic rings. The van der Waals surface area contributed by atoms with Crippen molar-refractivity contribution >= 4 is 13.8 Å². The van der Waals surface area contributed by atoms with Crippen molar-refractivity contribution in [3.63, 3.8) is 0 Å². The number of likely N-dealkylation sites (N-methyl/N-ethyl adjacent to an activating group) is 1. The van der Waals surface area contributed by atoms with Crippen LogP contribution < -0.4 is 4.89 Å². The molecule has 0 saturated carbocycles. The number of phosphoric ester groups is 1. The van der Waals surface area contributed by atoms with Gasteiger partial charge in [-0.3, -0.25) is 9.36 Å². The van der Waals surface area contributed by atoms with Gasteiger partial charge >= 0.3 is 5.97 Å². The van der Waals surface area contributed by atoms with Crippen LogP contribution in [-0.2, 0) is 27.9 Å². The summed E-state index contributed by atoms with van der Waals surface area (Å²) >= 11 is 0. The van der Waals surface area contributed by atoms with Crippen LogP contribution in [0, 0.1) is 0 Å². The van der Waals surface area contributed by atoms with Crippen molar-refractivity contribution in [1.82, 2.24) is 0 Å². The summed E-state index contributed by atoms with van der Waals surface area (Å²) in [5.74, 6) is -0.342. The molecule has 0 amide bonds. The molecule has 0 saturated heterocycles. The van der Waals surface area contributed by atoms with Crippen molar-refractivity contribution in [3.05, 3.63) is 48.6 Å². The van der Waals surface area contributed by atoms with Crippen LogP contribution in [0.25, 0.3) is 0 Å². The van der Waals surface area contributed by atoms with Gasteiger partial charge in [-0.05, 0) is 77.0 Å². The van der Waals surface area contributed by atoms with E-state index in [4.69, 9.17) is 18.5 Å². The molecule has 0 aromatic rings. The molecule has 0 N–H and O–H groups in total. The molecule has 0 aliphatic heterocycles. The van der Waals surface area contributed by atoms with E-state index in [1.54, 1.807) is 0 Å². The number of carbonyl (C=O) groups is 1. The number of ether oxygens (including phenoxy) is 2. The molecule has 352 valence electrons. The molecule has 0 bridgehead atoms. The first-order valence-corrected chi connectivity index (χ1v) is 26.3. The number of hydrogen-bond acceptors (Lipinski definition) is 7. The van der Waals surface area contributed by atoms with Crippen LogP contribution >= 0.6 is 7.82 Å². The maximum atomic E-state index is 12.7. The molecule has 2 unspecified atom stereocenters. The third-order valence-electron chi connectivity index (χ3n) is 10.6. The maximum absolute atomic E-state index is 12.7. The predicted molar refractivity (Wildman–Crippen MR) is 254 cm³/mol. The van der Waals surface area contributed by atoms with Crippen molar-refractivity contribution < 1.29 is 37.3 Å². The van der Waals surface area contributed by atoms with Gasteiger partial charge < -0.3 is 27.9 Å². The van der Waals surface area contributed by atoms with Crippen molar-refractivity contribution in [2.24, 2.45) is 0 Å². The SMILES string of the molecule is CCCCC/C=C\C/C=C\CCCCCCCCCCCCOCC(COP(=O)([O-])OCC[N+](C)(C)C)OC(=O)CCCCCCCCC/C=C\C/C=C\CCCCCC. The lowest BCUT2D eigenvalue weighted by Gasteiger charge is -2.28. The zero-order chi connectivity index (χ0) is 44.1. The Kier molecular flexibility index (Phi) is 43.0. The molecule has 8 nitrogen and oxygen atoms in total. The Morgan fingerprint density at radius 3 is 1.38 bits per heavy atom. The number of nitrogens with zero attached hydrogens (tertiary/aromatic N) is 1. The second kappa shape index (κ2) is 44.1. The molecule has 0 aromatic carbocycles. The summed E-state index contributed by atoms with van der Waals surface area (Å²) in [6.07, 6.45) is 54.1. The molecule has 2 atom stereocenters. The van der Waals surface area contributed by atoms with Gasteiger partial charge in [0.1, 0.15) is 19.3 Å². The highest BCUT2D eigenvalue weighted by Gasteiger charge is 2.20. The first-order chi connectivity index (χ1) is 29.1. The number of allylic oxidation sites excluding steroid dienone is 8. The van der Waals surface area contributed by atoms with Crippen molar-refractivity contribution in [2.75, 3.05) is 54.1 Å². The van der Waals surface area contributed by atoms with Gasteiger partial charge in [0, 0.05) is 13.0 Å². The molecule has 0 aliphatic carbocycles. The zero-order valence-electron chi connectivity index (χ0n) is 39.9. The summed E-state index contributed by atoms with van der Waals surface area (Å²) in [5, 5.41) is 0. The second-order valence-corrected chi connectivity index (χ2v) is 19.2. The van der Waals surface area contributed by atoms with Crippen LogP contribution in [0.3, 0.4) is 0 Å². The van der Waals surface area contributed by atoms with Crippen LogP contribution in [0.5, 0.6) is 0 Å². The first-order valence-electron chi connectivity index (χ1n) is 24.9. The van der Waals surface area contributed by atoms with E-state index < -0.39 is 13.9 Å². The lowest BCUT2D eigenvalue weighted by Crippen LogP contribution is -2.37. The van der Waals surface area contributed by atoms with Crippen LogP contribution in [0.1, 0.15) is 213 Å². The highest BCUT2D eigenvalue weighted by molar-refractivity contribution is 7.45. The van der Waals surface area contributed by atoms with Gasteiger partial charge in [-0.25, -0.2) is 0 Å². The van der Waals surface area contributed by atoms with Gasteiger partial charge in [-0.1, -0.05) is 178 Å². The normalized spacial score (nSPS) is 14.0. The smallest absolute Gasteiger partial charge is 0.306 e. The fourth-order valence-electron chi connectivity index (χ4n) is 6.72. The van der Waals surface area contributed by atoms with E-state index in [1.165, 1.54) is 141 Å². The number of quaternary nitrogens is 1. The largest absolute Gasteiger partial charge is 0.756 e. The summed E-state index contributed by atoms with van der Waals surface area (Å²) in [7, 11) is 1.35. The van der Waals surface area contributed by atoms with E-state index in [-0.39, 0.29) is 25.8 Å². The predicted octanol–water partition coefficient (Wildman–Crippen LogP) is 14.5. The summed E-state index contributed by atoms with van der Waals surface area (Å²) in [5.41, 5.74) is 0. The van der Waals surface area contributed by atoms with E-state index in [0.717, 1.165) is 51.4 Å². The molecular weight excluding hydrogens is 770 g/mol. The number of unbranched alkanes of at least 4 members (excludes halogenated alkanes) is 24. The van der Waals surface area contributed by atoms with Crippen molar-refractivity contribution in [1.29, 1.82) is 0 Å². The minimum atomic E-state index is -4.53. The second-order valence-electron chi connectivity index (χ2n) is 17.8. The number of carbonyl (C=O) groups excluding carboxylic acids is 1. The molecule has 0 spiro atoms. The Labute approximate surface area is 371 Å². The van der Waals surface area contributed by atoms with E-state index in [0.29, 0.717) is 24.1 Å². The molecule has 0 fully saturated rings. The Hall–Kier alpha value is -1.54. The van der Waals surface area contributed by atoms with Crippen molar-refractivity contribution in [3.8, 4) is 0 Å². The third kappa shape index (κ3) is 47.5. The summed E-state index contributed by atoms with van der Waals surface area (Å²) in [6.45, 7) is 5.37. The molecule has 0 rings (SSSR count). The minimum absolute atomic E-state index is 0.0228. The van der Waals surface area contributed by atoms with Crippen LogP contribution in [0.2, 0.25) is 0 Å². The van der Waals surface area contributed by atoms with Gasteiger partial charge in [-0.15, -0.1) is 0 Å². The lowest BCUT2D eigenvalue weighted by molar-refractivity contribution is -0.870. The Balaban J connectivity index is 4.18. The summed E-state index contributed by atoms with van der Waals surface area (Å²) in [4.78, 5) is 25.1. The molecule has 0 radical (unpaired) electrons. The summed E-state index contributed by atoms with van der Waals surface area (Å²) in [6, 6.07) is 0. The quantitative estimate of drug-likeness (QED) is 0.0198. The highest BCUT2D eigenvalue weighted by atomic mass is 31.2. The zero-order valence-corrected chi connectivity index (χ0v) is 40.8.